The topological polar surface area (TPSA) is 89.5 Å². The SMILES string of the molecule is COC(=O)C(CS(=O)(=O)c1ccccc1F)NC(C)=O. The Balaban J connectivity index is 3.06. The van der Waals surface area contributed by atoms with Crippen molar-refractivity contribution in [2.75, 3.05) is 12.9 Å². The van der Waals surface area contributed by atoms with Crippen LogP contribution in [0.25, 0.3) is 0 Å². The van der Waals surface area contributed by atoms with E-state index in [0.717, 1.165) is 26.2 Å². The molecule has 1 N–H and O–H groups in total. The van der Waals surface area contributed by atoms with Crippen LogP contribution in [0.3, 0.4) is 0 Å². The third-order valence-electron chi connectivity index (χ3n) is 2.42. The molecule has 1 aromatic rings. The number of halogens is 1. The molecule has 1 aromatic carbocycles. The maximum absolute atomic E-state index is 13.5. The molecule has 1 rings (SSSR count). The van der Waals surface area contributed by atoms with Crippen LogP contribution in [0.5, 0.6) is 0 Å². The molecule has 0 saturated heterocycles. The molecule has 0 aliphatic heterocycles. The van der Waals surface area contributed by atoms with Crippen LogP contribution in [-0.2, 0) is 24.2 Å². The molecule has 8 heteroatoms. The second-order valence-electron chi connectivity index (χ2n) is 3.99. The first-order chi connectivity index (χ1) is 9.27. The van der Waals surface area contributed by atoms with Crippen LogP contribution in [0.15, 0.2) is 29.2 Å². The number of esters is 1. The summed E-state index contributed by atoms with van der Waals surface area (Å²) in [6.45, 7) is 1.13. The van der Waals surface area contributed by atoms with Gasteiger partial charge in [0, 0.05) is 6.92 Å². The fourth-order valence-corrected chi connectivity index (χ4v) is 3.05. The van der Waals surface area contributed by atoms with E-state index in [2.05, 4.69) is 10.1 Å². The maximum Gasteiger partial charge on any atom is 0.329 e. The lowest BCUT2D eigenvalue weighted by molar-refractivity contribution is -0.144. The predicted molar refractivity (Wildman–Crippen MR) is 68.1 cm³/mol. The highest BCUT2D eigenvalue weighted by Gasteiger charge is 2.29. The molecular weight excluding hydrogens is 289 g/mol. The predicted octanol–water partition coefficient (Wildman–Crippen LogP) is 0.277. The summed E-state index contributed by atoms with van der Waals surface area (Å²) in [5.41, 5.74) is 0. The van der Waals surface area contributed by atoms with Crippen molar-refractivity contribution < 1.29 is 27.1 Å². The Morgan fingerprint density at radius 1 is 1.35 bits per heavy atom. The smallest absolute Gasteiger partial charge is 0.329 e. The first-order valence-electron chi connectivity index (χ1n) is 5.60. The van der Waals surface area contributed by atoms with Gasteiger partial charge in [-0.15, -0.1) is 0 Å². The van der Waals surface area contributed by atoms with E-state index >= 15 is 0 Å². The highest BCUT2D eigenvalue weighted by atomic mass is 32.2. The van der Waals surface area contributed by atoms with Gasteiger partial charge in [-0.3, -0.25) is 4.79 Å². The van der Waals surface area contributed by atoms with Gasteiger partial charge in [0.15, 0.2) is 9.84 Å². The summed E-state index contributed by atoms with van der Waals surface area (Å²) in [6.07, 6.45) is 0. The van der Waals surface area contributed by atoms with E-state index < -0.39 is 44.2 Å². The summed E-state index contributed by atoms with van der Waals surface area (Å²) in [5.74, 6) is -3.21. The normalized spacial score (nSPS) is 12.6. The largest absolute Gasteiger partial charge is 0.467 e. The zero-order valence-corrected chi connectivity index (χ0v) is 11.7. The monoisotopic (exact) mass is 303 g/mol. The molecule has 0 aliphatic carbocycles. The summed E-state index contributed by atoms with van der Waals surface area (Å²) in [5, 5.41) is 2.16. The van der Waals surface area contributed by atoms with Crippen molar-refractivity contribution in [2.24, 2.45) is 0 Å². The lowest BCUT2D eigenvalue weighted by Crippen LogP contribution is -2.45. The van der Waals surface area contributed by atoms with E-state index in [-0.39, 0.29) is 0 Å². The first kappa shape index (κ1) is 16.1. The van der Waals surface area contributed by atoms with Crippen molar-refractivity contribution >= 4 is 21.7 Å². The molecule has 0 aliphatic rings. The molecule has 1 unspecified atom stereocenters. The van der Waals surface area contributed by atoms with Crippen molar-refractivity contribution in [2.45, 2.75) is 17.9 Å². The highest BCUT2D eigenvalue weighted by molar-refractivity contribution is 7.91. The van der Waals surface area contributed by atoms with Gasteiger partial charge in [-0.1, -0.05) is 12.1 Å². The van der Waals surface area contributed by atoms with Crippen LogP contribution in [0, 0.1) is 5.82 Å². The van der Waals surface area contributed by atoms with E-state index in [1.54, 1.807) is 0 Å². The Morgan fingerprint density at radius 3 is 2.45 bits per heavy atom. The molecule has 1 amide bonds. The maximum atomic E-state index is 13.5. The zero-order chi connectivity index (χ0) is 15.3. The number of carbonyl (C=O) groups excluding carboxylic acids is 2. The minimum Gasteiger partial charge on any atom is -0.467 e. The molecule has 20 heavy (non-hydrogen) atoms. The second-order valence-corrected chi connectivity index (χ2v) is 5.99. The van der Waals surface area contributed by atoms with E-state index in [1.165, 1.54) is 12.1 Å². The number of sulfone groups is 1. The lowest BCUT2D eigenvalue weighted by Gasteiger charge is -2.15. The zero-order valence-electron chi connectivity index (χ0n) is 10.9. The molecule has 0 heterocycles. The average Bonchev–Trinajstić information content (AvgIpc) is 2.36. The van der Waals surface area contributed by atoms with Crippen LogP contribution in [-0.4, -0.2) is 39.2 Å². The van der Waals surface area contributed by atoms with Crippen LogP contribution in [0.1, 0.15) is 6.92 Å². The van der Waals surface area contributed by atoms with Crippen molar-refractivity contribution in [3.05, 3.63) is 30.1 Å². The Kier molecular flexibility index (Phi) is 5.20. The fourth-order valence-electron chi connectivity index (χ4n) is 1.56. The number of benzene rings is 1. The Morgan fingerprint density at radius 2 is 1.95 bits per heavy atom. The molecule has 1 atom stereocenters. The van der Waals surface area contributed by atoms with Gasteiger partial charge >= 0.3 is 5.97 Å². The molecule has 0 fully saturated rings. The second kappa shape index (κ2) is 6.47. The van der Waals surface area contributed by atoms with Crippen molar-refractivity contribution in [3.63, 3.8) is 0 Å². The third-order valence-corrected chi connectivity index (χ3v) is 4.19. The number of methoxy groups -OCH3 is 1. The Bertz CT molecular complexity index is 614. The van der Waals surface area contributed by atoms with Gasteiger partial charge in [0.2, 0.25) is 5.91 Å². The molecule has 0 saturated carbocycles. The van der Waals surface area contributed by atoms with Crippen molar-refractivity contribution in [1.82, 2.24) is 5.32 Å². The highest BCUT2D eigenvalue weighted by Crippen LogP contribution is 2.16. The van der Waals surface area contributed by atoms with Crippen molar-refractivity contribution in [1.29, 1.82) is 0 Å². The fraction of sp³-hybridized carbons (Fsp3) is 0.333. The number of ether oxygens (including phenoxy) is 1. The van der Waals surface area contributed by atoms with Gasteiger partial charge in [-0.25, -0.2) is 17.6 Å². The number of rotatable bonds is 5. The number of amides is 1. The number of nitrogens with one attached hydrogen (secondary N) is 1. The lowest BCUT2D eigenvalue weighted by atomic mass is 10.3. The van der Waals surface area contributed by atoms with Crippen molar-refractivity contribution in [3.8, 4) is 0 Å². The number of carbonyl (C=O) groups is 2. The minimum atomic E-state index is -4.08. The van der Waals surface area contributed by atoms with E-state index in [0.29, 0.717) is 0 Å². The summed E-state index contributed by atoms with van der Waals surface area (Å²) >= 11 is 0. The molecule has 0 radical (unpaired) electrons. The summed E-state index contributed by atoms with van der Waals surface area (Å²) in [4.78, 5) is 21.9. The van der Waals surface area contributed by atoms with Crippen LogP contribution >= 0.6 is 0 Å². The third kappa shape index (κ3) is 4.02. The summed E-state index contributed by atoms with van der Waals surface area (Å²) < 4.78 is 42.0. The van der Waals surface area contributed by atoms with Gasteiger partial charge in [-0.2, -0.15) is 0 Å². The van der Waals surface area contributed by atoms with Crippen LogP contribution in [0.4, 0.5) is 4.39 Å². The van der Waals surface area contributed by atoms with Gasteiger partial charge in [0.05, 0.1) is 12.9 Å². The Hall–Kier alpha value is -1.96. The van der Waals surface area contributed by atoms with E-state index in [4.69, 9.17) is 0 Å². The molecule has 0 spiro atoms. The molecule has 110 valence electrons. The minimum absolute atomic E-state index is 0.528. The quantitative estimate of drug-likeness (QED) is 0.789. The summed E-state index contributed by atoms with van der Waals surface area (Å²) in [7, 11) is -3.02. The van der Waals surface area contributed by atoms with Gasteiger partial charge in [0.1, 0.15) is 16.8 Å². The number of hydrogen-bond acceptors (Lipinski definition) is 5. The molecule has 0 bridgehead atoms. The molecule has 0 aromatic heterocycles. The van der Waals surface area contributed by atoms with Crippen LogP contribution in [0.2, 0.25) is 0 Å². The van der Waals surface area contributed by atoms with Gasteiger partial charge in [0.25, 0.3) is 0 Å². The number of hydrogen-bond donors (Lipinski definition) is 1. The molecule has 6 nitrogen and oxygen atoms in total. The van der Waals surface area contributed by atoms with E-state index in [9.17, 15) is 22.4 Å². The first-order valence-corrected chi connectivity index (χ1v) is 7.25. The van der Waals surface area contributed by atoms with Gasteiger partial charge in [-0.05, 0) is 12.1 Å². The summed E-state index contributed by atoms with van der Waals surface area (Å²) in [6, 6.07) is 3.41. The van der Waals surface area contributed by atoms with E-state index in [1.807, 2.05) is 0 Å². The Labute approximate surface area is 115 Å². The van der Waals surface area contributed by atoms with Gasteiger partial charge < -0.3 is 10.1 Å². The standard InChI is InChI=1S/C12H14FNO5S/c1-8(15)14-10(12(16)19-2)7-20(17,18)11-6-4-3-5-9(11)13/h3-6,10H,7H2,1-2H3,(H,14,15). The van der Waals surface area contributed by atoms with Crippen LogP contribution < -0.4 is 5.32 Å². The molecular formula is C12H14FNO5S. The average molecular weight is 303 g/mol.